The lowest BCUT2D eigenvalue weighted by atomic mass is 10.0. The Morgan fingerprint density at radius 1 is 1.04 bits per heavy atom. The first-order valence-corrected chi connectivity index (χ1v) is 8.89. The van der Waals surface area contributed by atoms with Crippen LogP contribution in [0, 0.1) is 11.8 Å². The molecule has 2 aliphatic rings. The number of aromatic nitrogens is 2. The fourth-order valence-electron chi connectivity index (χ4n) is 4.83. The second-order valence-corrected chi connectivity index (χ2v) is 7.94. The normalized spacial score (nSPS) is 30.7. The molecule has 4 rings (SSSR count). The maximum absolute atomic E-state index is 4.12. The SMILES string of the molecule is CN(C)C1C[C@@H]2CC(N(C)Cc3ccc4cn[nH]c4c3)C[C@@H]2C1. The number of aromatic amines is 1. The minimum absolute atomic E-state index is 0.755. The summed E-state index contributed by atoms with van der Waals surface area (Å²) in [5.41, 5.74) is 2.53. The van der Waals surface area contributed by atoms with Crippen molar-refractivity contribution in [1.82, 2.24) is 20.0 Å². The highest BCUT2D eigenvalue weighted by Gasteiger charge is 2.43. The summed E-state index contributed by atoms with van der Waals surface area (Å²) < 4.78 is 0. The molecule has 0 saturated heterocycles. The molecule has 0 radical (unpaired) electrons. The molecule has 0 spiro atoms. The number of benzene rings is 1. The summed E-state index contributed by atoms with van der Waals surface area (Å²) in [7, 11) is 6.77. The van der Waals surface area contributed by atoms with Gasteiger partial charge in [0, 0.05) is 24.0 Å². The summed E-state index contributed by atoms with van der Waals surface area (Å²) in [4.78, 5) is 5.00. The Balaban J connectivity index is 1.38. The molecule has 2 fully saturated rings. The van der Waals surface area contributed by atoms with E-state index in [0.29, 0.717) is 0 Å². The molecule has 124 valence electrons. The van der Waals surface area contributed by atoms with Gasteiger partial charge in [-0.2, -0.15) is 5.10 Å². The minimum atomic E-state index is 0.755. The Bertz CT molecular complexity index is 663. The van der Waals surface area contributed by atoms with Gasteiger partial charge in [-0.15, -0.1) is 0 Å². The van der Waals surface area contributed by atoms with E-state index in [-0.39, 0.29) is 0 Å². The Hall–Kier alpha value is -1.39. The maximum atomic E-state index is 4.12. The van der Waals surface area contributed by atoms with Crippen LogP contribution in [0.15, 0.2) is 24.4 Å². The van der Waals surface area contributed by atoms with Crippen LogP contribution >= 0.6 is 0 Å². The van der Waals surface area contributed by atoms with Crippen molar-refractivity contribution in [3.05, 3.63) is 30.0 Å². The molecule has 2 aliphatic carbocycles. The van der Waals surface area contributed by atoms with Crippen LogP contribution in [0.1, 0.15) is 31.2 Å². The third-order valence-corrected chi connectivity index (χ3v) is 6.26. The molecule has 0 amide bonds. The van der Waals surface area contributed by atoms with Gasteiger partial charge in [-0.25, -0.2) is 0 Å². The van der Waals surface area contributed by atoms with Gasteiger partial charge in [-0.1, -0.05) is 12.1 Å². The summed E-state index contributed by atoms with van der Waals surface area (Å²) in [5, 5.41) is 8.39. The fourth-order valence-corrected chi connectivity index (χ4v) is 4.83. The van der Waals surface area contributed by atoms with Gasteiger partial charge in [0.1, 0.15) is 0 Å². The van der Waals surface area contributed by atoms with E-state index in [9.17, 15) is 0 Å². The summed E-state index contributed by atoms with van der Waals surface area (Å²) in [5.74, 6) is 1.90. The van der Waals surface area contributed by atoms with Crippen LogP contribution in [-0.4, -0.2) is 53.2 Å². The maximum Gasteiger partial charge on any atom is 0.0653 e. The molecule has 2 saturated carbocycles. The topological polar surface area (TPSA) is 35.2 Å². The lowest BCUT2D eigenvalue weighted by Crippen LogP contribution is -2.31. The Morgan fingerprint density at radius 3 is 2.43 bits per heavy atom. The van der Waals surface area contributed by atoms with Crippen molar-refractivity contribution < 1.29 is 0 Å². The molecular weight excluding hydrogens is 284 g/mol. The van der Waals surface area contributed by atoms with Crippen molar-refractivity contribution in [1.29, 1.82) is 0 Å². The number of hydrogen-bond donors (Lipinski definition) is 1. The number of fused-ring (bicyclic) bond motifs is 2. The van der Waals surface area contributed by atoms with Crippen molar-refractivity contribution in [3.63, 3.8) is 0 Å². The largest absolute Gasteiger partial charge is 0.306 e. The van der Waals surface area contributed by atoms with Gasteiger partial charge >= 0.3 is 0 Å². The molecule has 4 nitrogen and oxygen atoms in total. The third kappa shape index (κ3) is 2.90. The van der Waals surface area contributed by atoms with E-state index < -0.39 is 0 Å². The molecule has 2 unspecified atom stereocenters. The molecule has 2 aromatic rings. The highest BCUT2D eigenvalue weighted by Crippen LogP contribution is 2.46. The van der Waals surface area contributed by atoms with Crippen molar-refractivity contribution in [3.8, 4) is 0 Å². The first kappa shape index (κ1) is 15.2. The van der Waals surface area contributed by atoms with Gasteiger partial charge in [-0.3, -0.25) is 10.00 Å². The number of nitrogens with zero attached hydrogens (tertiary/aromatic N) is 3. The van der Waals surface area contributed by atoms with E-state index in [1.54, 1.807) is 0 Å². The molecule has 1 aromatic heterocycles. The number of nitrogens with one attached hydrogen (secondary N) is 1. The molecule has 0 bridgehead atoms. The molecule has 4 heteroatoms. The van der Waals surface area contributed by atoms with E-state index in [4.69, 9.17) is 0 Å². The van der Waals surface area contributed by atoms with E-state index in [2.05, 4.69) is 59.3 Å². The van der Waals surface area contributed by atoms with Crippen LogP contribution in [0.25, 0.3) is 10.9 Å². The first-order chi connectivity index (χ1) is 11.1. The van der Waals surface area contributed by atoms with Crippen molar-refractivity contribution in [2.75, 3.05) is 21.1 Å². The zero-order valence-electron chi connectivity index (χ0n) is 14.5. The van der Waals surface area contributed by atoms with E-state index in [0.717, 1.165) is 36.0 Å². The van der Waals surface area contributed by atoms with Gasteiger partial charge in [0.05, 0.1) is 11.7 Å². The Kier molecular flexibility index (Phi) is 3.90. The number of hydrogen-bond acceptors (Lipinski definition) is 3. The minimum Gasteiger partial charge on any atom is -0.306 e. The lowest BCUT2D eigenvalue weighted by Gasteiger charge is -2.27. The molecule has 1 heterocycles. The molecule has 23 heavy (non-hydrogen) atoms. The van der Waals surface area contributed by atoms with Crippen LogP contribution < -0.4 is 0 Å². The van der Waals surface area contributed by atoms with Crippen LogP contribution in [0.5, 0.6) is 0 Å². The van der Waals surface area contributed by atoms with Gasteiger partial charge < -0.3 is 4.90 Å². The number of H-pyrrole nitrogens is 1. The summed E-state index contributed by atoms with van der Waals surface area (Å²) >= 11 is 0. The molecular formula is C19H28N4. The second kappa shape index (κ2) is 5.91. The molecule has 1 aromatic carbocycles. The van der Waals surface area contributed by atoms with Crippen LogP contribution in [-0.2, 0) is 6.54 Å². The van der Waals surface area contributed by atoms with Crippen molar-refractivity contribution in [2.45, 2.75) is 44.3 Å². The molecule has 1 N–H and O–H groups in total. The van der Waals surface area contributed by atoms with Crippen molar-refractivity contribution >= 4 is 10.9 Å². The van der Waals surface area contributed by atoms with Crippen LogP contribution in [0.4, 0.5) is 0 Å². The van der Waals surface area contributed by atoms with E-state index in [1.807, 2.05) is 6.20 Å². The fraction of sp³-hybridized carbons (Fsp3) is 0.632. The average molecular weight is 312 g/mol. The van der Waals surface area contributed by atoms with Gasteiger partial charge in [0.25, 0.3) is 0 Å². The quantitative estimate of drug-likeness (QED) is 0.942. The van der Waals surface area contributed by atoms with Crippen LogP contribution in [0.2, 0.25) is 0 Å². The predicted octanol–water partition coefficient (Wildman–Crippen LogP) is 3.11. The second-order valence-electron chi connectivity index (χ2n) is 7.94. The lowest BCUT2D eigenvalue weighted by molar-refractivity contribution is 0.212. The standard InChI is InChI=1S/C19H28N4/c1-22(2)17-7-15-9-18(10-16(15)8-17)23(3)12-13-4-5-14-11-20-21-19(14)6-13/h4-6,11,15-18H,7-10,12H2,1-3H3,(H,20,21)/t15-,16+,17?,18?. The number of rotatable bonds is 4. The highest BCUT2D eigenvalue weighted by molar-refractivity contribution is 5.78. The van der Waals surface area contributed by atoms with E-state index >= 15 is 0 Å². The zero-order valence-corrected chi connectivity index (χ0v) is 14.5. The van der Waals surface area contributed by atoms with Crippen molar-refractivity contribution in [2.24, 2.45) is 11.8 Å². The monoisotopic (exact) mass is 312 g/mol. The Morgan fingerprint density at radius 2 is 1.74 bits per heavy atom. The van der Waals surface area contributed by atoms with Gasteiger partial charge in [0.2, 0.25) is 0 Å². The first-order valence-electron chi connectivity index (χ1n) is 8.89. The van der Waals surface area contributed by atoms with Crippen LogP contribution in [0.3, 0.4) is 0 Å². The highest BCUT2D eigenvalue weighted by atomic mass is 15.1. The zero-order chi connectivity index (χ0) is 16.0. The molecule has 4 atom stereocenters. The smallest absolute Gasteiger partial charge is 0.0653 e. The summed E-state index contributed by atoms with van der Waals surface area (Å²) in [6.45, 7) is 1.04. The molecule has 0 aliphatic heterocycles. The Labute approximate surface area is 138 Å². The average Bonchev–Trinajstić information content (AvgIpc) is 3.20. The summed E-state index contributed by atoms with van der Waals surface area (Å²) in [6, 6.07) is 8.24. The van der Waals surface area contributed by atoms with Gasteiger partial charge in [0.15, 0.2) is 0 Å². The van der Waals surface area contributed by atoms with E-state index in [1.165, 1.54) is 36.6 Å². The van der Waals surface area contributed by atoms with Gasteiger partial charge in [-0.05, 0) is 70.3 Å². The third-order valence-electron chi connectivity index (χ3n) is 6.26. The predicted molar refractivity (Wildman–Crippen MR) is 94.3 cm³/mol. The summed E-state index contributed by atoms with van der Waals surface area (Å²) in [6.07, 6.45) is 7.47.